The fraction of sp³-hybridized carbons (Fsp3) is 0.750. The van der Waals surface area contributed by atoms with E-state index in [-0.39, 0.29) is 30.2 Å². The average molecular weight is 379 g/mol. The molecule has 7 heteroatoms. The summed E-state index contributed by atoms with van der Waals surface area (Å²) in [5.41, 5.74) is 0.253. The molecule has 2 rings (SSSR count). The first-order chi connectivity index (χ1) is 12.8. The van der Waals surface area contributed by atoms with E-state index >= 15 is 0 Å². The summed E-state index contributed by atoms with van der Waals surface area (Å²) >= 11 is 0. The lowest BCUT2D eigenvalue weighted by molar-refractivity contribution is 0.0944. The fourth-order valence-corrected chi connectivity index (χ4v) is 3.21. The Morgan fingerprint density at radius 1 is 1.19 bits per heavy atom. The van der Waals surface area contributed by atoms with Gasteiger partial charge in [0.25, 0.3) is 5.91 Å². The molecular formula is C20H34N4O3. The molecule has 1 aliphatic rings. The number of amides is 3. The highest BCUT2D eigenvalue weighted by atomic mass is 16.3. The number of nitrogens with zero attached hydrogens (tertiary/aromatic N) is 2. The second kappa shape index (κ2) is 10.3. The number of hydrogen-bond donors (Lipinski definition) is 2. The lowest BCUT2D eigenvalue weighted by Gasteiger charge is -2.28. The van der Waals surface area contributed by atoms with Crippen molar-refractivity contribution in [2.45, 2.75) is 72.4 Å². The lowest BCUT2D eigenvalue weighted by Crippen LogP contribution is -2.46. The zero-order valence-electron chi connectivity index (χ0n) is 17.1. The highest BCUT2D eigenvalue weighted by Gasteiger charge is 2.23. The minimum Gasteiger partial charge on any atom is -0.446 e. The molecule has 27 heavy (non-hydrogen) atoms. The van der Waals surface area contributed by atoms with Gasteiger partial charge in [-0.1, -0.05) is 47.0 Å². The van der Waals surface area contributed by atoms with Gasteiger partial charge in [0.2, 0.25) is 5.89 Å². The van der Waals surface area contributed by atoms with Gasteiger partial charge < -0.3 is 20.0 Å². The molecule has 1 aliphatic carbocycles. The molecular weight excluding hydrogens is 344 g/mol. The summed E-state index contributed by atoms with van der Waals surface area (Å²) in [5, 5.41) is 5.97. The second-order valence-electron chi connectivity index (χ2n) is 8.29. The third kappa shape index (κ3) is 7.23. The first-order valence-corrected chi connectivity index (χ1v) is 10.1. The van der Waals surface area contributed by atoms with Gasteiger partial charge >= 0.3 is 6.03 Å². The van der Waals surface area contributed by atoms with Gasteiger partial charge in [0.1, 0.15) is 6.26 Å². The van der Waals surface area contributed by atoms with Crippen LogP contribution in [0.1, 0.15) is 76.2 Å². The van der Waals surface area contributed by atoms with Crippen LogP contribution in [0.15, 0.2) is 10.7 Å². The highest BCUT2D eigenvalue weighted by molar-refractivity contribution is 5.91. The van der Waals surface area contributed by atoms with Crippen LogP contribution in [0.2, 0.25) is 0 Å². The third-order valence-corrected chi connectivity index (χ3v) is 4.59. The molecule has 0 aliphatic heterocycles. The monoisotopic (exact) mass is 378 g/mol. The summed E-state index contributed by atoms with van der Waals surface area (Å²) in [6.45, 7) is 9.66. The Morgan fingerprint density at radius 2 is 1.89 bits per heavy atom. The maximum atomic E-state index is 12.7. The van der Waals surface area contributed by atoms with Crippen LogP contribution in [-0.2, 0) is 6.54 Å². The maximum Gasteiger partial charge on any atom is 0.318 e. The molecule has 0 aromatic carbocycles. The molecule has 1 saturated carbocycles. The van der Waals surface area contributed by atoms with Crippen molar-refractivity contribution in [1.29, 1.82) is 0 Å². The summed E-state index contributed by atoms with van der Waals surface area (Å²) < 4.78 is 5.45. The molecule has 3 amide bonds. The Balaban J connectivity index is 1.96. The third-order valence-electron chi connectivity index (χ3n) is 4.59. The summed E-state index contributed by atoms with van der Waals surface area (Å²) in [7, 11) is 0. The molecule has 152 valence electrons. The number of carbonyl (C=O) groups is 2. The second-order valence-corrected chi connectivity index (χ2v) is 8.29. The number of urea groups is 1. The molecule has 1 aromatic heterocycles. The van der Waals surface area contributed by atoms with Crippen LogP contribution in [0, 0.1) is 11.8 Å². The molecule has 7 nitrogen and oxygen atoms in total. The minimum absolute atomic E-state index is 0.0837. The van der Waals surface area contributed by atoms with Gasteiger partial charge in [-0.3, -0.25) is 4.79 Å². The number of oxazole rings is 1. The Hall–Kier alpha value is -2.05. The van der Waals surface area contributed by atoms with Crippen LogP contribution in [-0.4, -0.2) is 41.0 Å². The normalized spacial score (nSPS) is 15.2. The molecule has 0 saturated heterocycles. The van der Waals surface area contributed by atoms with E-state index in [4.69, 9.17) is 4.42 Å². The van der Waals surface area contributed by atoms with Crippen molar-refractivity contribution in [3.63, 3.8) is 0 Å². The first kappa shape index (κ1) is 21.3. The van der Waals surface area contributed by atoms with Crippen molar-refractivity contribution < 1.29 is 14.0 Å². The van der Waals surface area contributed by atoms with E-state index in [9.17, 15) is 9.59 Å². The topological polar surface area (TPSA) is 87.5 Å². The van der Waals surface area contributed by atoms with Crippen LogP contribution in [0.25, 0.3) is 0 Å². The van der Waals surface area contributed by atoms with Crippen LogP contribution < -0.4 is 10.6 Å². The van der Waals surface area contributed by atoms with E-state index in [0.717, 1.165) is 12.8 Å². The summed E-state index contributed by atoms with van der Waals surface area (Å²) in [6, 6.07) is 0.169. The summed E-state index contributed by atoms with van der Waals surface area (Å²) in [6.07, 6.45) is 7.03. The van der Waals surface area contributed by atoms with Crippen molar-refractivity contribution >= 4 is 11.9 Å². The molecule has 0 unspecified atom stereocenters. The molecule has 2 N–H and O–H groups in total. The van der Waals surface area contributed by atoms with Crippen LogP contribution in [0.3, 0.4) is 0 Å². The summed E-state index contributed by atoms with van der Waals surface area (Å²) in [4.78, 5) is 30.8. The number of hydrogen-bond acceptors (Lipinski definition) is 4. The number of nitrogens with one attached hydrogen (secondary N) is 2. The van der Waals surface area contributed by atoms with Crippen molar-refractivity contribution in [3.8, 4) is 0 Å². The minimum atomic E-state index is -0.249. The van der Waals surface area contributed by atoms with Gasteiger partial charge in [-0.15, -0.1) is 0 Å². The summed E-state index contributed by atoms with van der Waals surface area (Å²) in [5.74, 6) is 0.820. The molecule has 0 radical (unpaired) electrons. The van der Waals surface area contributed by atoms with Crippen molar-refractivity contribution in [2.75, 3.05) is 13.1 Å². The van der Waals surface area contributed by atoms with Crippen molar-refractivity contribution in [2.24, 2.45) is 11.8 Å². The Morgan fingerprint density at radius 3 is 2.52 bits per heavy atom. The van der Waals surface area contributed by atoms with Gasteiger partial charge in [-0.05, 0) is 24.7 Å². The van der Waals surface area contributed by atoms with E-state index in [2.05, 4.69) is 29.5 Å². The van der Waals surface area contributed by atoms with Gasteiger partial charge in [-0.2, -0.15) is 0 Å². The van der Waals surface area contributed by atoms with Gasteiger partial charge in [0.05, 0.1) is 6.54 Å². The smallest absolute Gasteiger partial charge is 0.318 e. The van der Waals surface area contributed by atoms with E-state index in [1.807, 2.05) is 13.8 Å². The molecule has 1 heterocycles. The molecule has 0 spiro atoms. The lowest BCUT2D eigenvalue weighted by atomic mass is 9.96. The highest BCUT2D eigenvalue weighted by Crippen LogP contribution is 2.18. The number of carbonyl (C=O) groups excluding carboxylic acids is 2. The van der Waals surface area contributed by atoms with Crippen molar-refractivity contribution in [3.05, 3.63) is 17.8 Å². The Bertz CT molecular complexity index is 606. The number of rotatable bonds is 8. The quantitative estimate of drug-likeness (QED) is 0.724. The zero-order chi connectivity index (χ0) is 19.8. The largest absolute Gasteiger partial charge is 0.446 e. The van der Waals surface area contributed by atoms with Gasteiger partial charge in [0.15, 0.2) is 5.69 Å². The predicted molar refractivity (Wildman–Crippen MR) is 104 cm³/mol. The van der Waals surface area contributed by atoms with Gasteiger partial charge in [0, 0.05) is 19.1 Å². The SMILES string of the molecule is CC(C)CNC(=O)c1coc(CN(CC(C)C)C(=O)NC2CCCCC2)n1. The van der Waals surface area contributed by atoms with Crippen molar-refractivity contribution in [1.82, 2.24) is 20.5 Å². The van der Waals surface area contributed by atoms with E-state index in [0.29, 0.717) is 30.8 Å². The predicted octanol–water partition coefficient (Wildman–Crippen LogP) is 3.56. The molecule has 1 aromatic rings. The van der Waals surface area contributed by atoms with Gasteiger partial charge in [-0.25, -0.2) is 9.78 Å². The molecule has 1 fully saturated rings. The zero-order valence-corrected chi connectivity index (χ0v) is 17.1. The molecule has 0 bridgehead atoms. The van der Waals surface area contributed by atoms with Crippen LogP contribution >= 0.6 is 0 Å². The Kier molecular flexibility index (Phi) is 8.13. The van der Waals surface area contributed by atoms with Crippen LogP contribution in [0.5, 0.6) is 0 Å². The van der Waals surface area contributed by atoms with E-state index in [1.165, 1.54) is 25.5 Å². The number of aromatic nitrogens is 1. The fourth-order valence-electron chi connectivity index (χ4n) is 3.21. The first-order valence-electron chi connectivity index (χ1n) is 10.1. The standard InChI is InChI=1S/C20H34N4O3/c1-14(2)10-21-19(25)17-13-27-18(23-17)12-24(11-15(3)4)20(26)22-16-8-6-5-7-9-16/h13-16H,5-12H2,1-4H3,(H,21,25)(H,22,26). The van der Waals surface area contributed by atoms with Crippen LogP contribution in [0.4, 0.5) is 4.79 Å². The molecule has 0 atom stereocenters. The van der Waals surface area contributed by atoms with E-state index < -0.39 is 0 Å². The Labute approximate surface area is 162 Å². The van der Waals surface area contributed by atoms with E-state index in [1.54, 1.807) is 4.90 Å². The maximum absolute atomic E-state index is 12.7. The average Bonchev–Trinajstić information content (AvgIpc) is 3.08.